The lowest BCUT2D eigenvalue weighted by Gasteiger charge is -2.30. The molecule has 2 saturated heterocycles. The highest BCUT2D eigenvalue weighted by Crippen LogP contribution is 2.47. The summed E-state index contributed by atoms with van der Waals surface area (Å²) in [5.74, 6) is 1.99. The Morgan fingerprint density at radius 2 is 1.66 bits per heavy atom. The Hall–Kier alpha value is -2.95. The molecule has 2 fully saturated rings. The fourth-order valence-electron chi connectivity index (χ4n) is 5.32. The first-order valence-electron chi connectivity index (χ1n) is 10.3. The van der Waals surface area contributed by atoms with Crippen molar-refractivity contribution >= 4 is 22.5 Å². The van der Waals surface area contributed by atoms with E-state index in [1.807, 2.05) is 6.92 Å². The molecular weight excluding hydrogens is 360 g/mol. The molecule has 1 aromatic heterocycles. The average Bonchev–Trinajstić information content (AvgIpc) is 3.27. The number of aromatic nitrogens is 2. The van der Waals surface area contributed by atoms with Gasteiger partial charge in [-0.1, -0.05) is 48.5 Å². The van der Waals surface area contributed by atoms with Crippen LogP contribution in [0.1, 0.15) is 29.8 Å². The van der Waals surface area contributed by atoms with Crippen molar-refractivity contribution in [3.63, 3.8) is 0 Å². The number of fused-ring (bicyclic) bond motifs is 2. The van der Waals surface area contributed by atoms with Crippen LogP contribution in [0.4, 0.5) is 5.82 Å². The molecule has 0 spiro atoms. The van der Waals surface area contributed by atoms with Gasteiger partial charge in [0.05, 0.1) is 11.7 Å². The predicted octanol–water partition coefficient (Wildman–Crippen LogP) is 3.90. The normalized spacial score (nSPS) is 23.6. The van der Waals surface area contributed by atoms with Gasteiger partial charge >= 0.3 is 0 Å². The Bertz CT molecular complexity index is 1100. The van der Waals surface area contributed by atoms with E-state index >= 15 is 0 Å². The van der Waals surface area contributed by atoms with E-state index in [0.29, 0.717) is 11.8 Å². The van der Waals surface area contributed by atoms with Gasteiger partial charge in [-0.25, -0.2) is 0 Å². The van der Waals surface area contributed by atoms with Gasteiger partial charge in [0, 0.05) is 49.2 Å². The number of anilines is 1. The Kier molecular flexibility index (Phi) is 4.26. The third-order valence-electron chi connectivity index (χ3n) is 6.73. The standard InChI is InChI=1S/C24H26N4O/c1-15-8-4-5-9-19(15)23-22-14-27(12-18(22)13-28(23)17(3)29)24-21-11-7-6-10-20(21)16(2)25-26-24/h4-11,18,22-23H,12-14H2,1-3H3/t18-,22-,23-/m1/s1. The van der Waals surface area contributed by atoms with Gasteiger partial charge in [-0.2, -0.15) is 5.10 Å². The van der Waals surface area contributed by atoms with Gasteiger partial charge in [-0.15, -0.1) is 5.10 Å². The summed E-state index contributed by atoms with van der Waals surface area (Å²) in [4.78, 5) is 16.9. The summed E-state index contributed by atoms with van der Waals surface area (Å²) in [6.07, 6.45) is 0. The van der Waals surface area contributed by atoms with E-state index in [4.69, 9.17) is 0 Å². The summed E-state index contributed by atoms with van der Waals surface area (Å²) in [5.41, 5.74) is 3.49. The lowest BCUT2D eigenvalue weighted by Crippen LogP contribution is -2.35. The number of rotatable bonds is 2. The zero-order valence-electron chi connectivity index (χ0n) is 17.2. The summed E-state index contributed by atoms with van der Waals surface area (Å²) in [5, 5.41) is 11.3. The van der Waals surface area contributed by atoms with Gasteiger partial charge in [-0.3, -0.25) is 4.79 Å². The van der Waals surface area contributed by atoms with Crippen molar-refractivity contribution in [3.8, 4) is 0 Å². The maximum Gasteiger partial charge on any atom is 0.219 e. The molecule has 0 bridgehead atoms. The zero-order valence-corrected chi connectivity index (χ0v) is 17.2. The molecule has 5 rings (SSSR count). The van der Waals surface area contributed by atoms with Crippen LogP contribution < -0.4 is 4.90 Å². The number of hydrogen-bond acceptors (Lipinski definition) is 4. The summed E-state index contributed by atoms with van der Waals surface area (Å²) in [6.45, 7) is 8.48. The average molecular weight is 386 g/mol. The molecular formula is C24H26N4O. The number of carbonyl (C=O) groups is 1. The van der Waals surface area contributed by atoms with Gasteiger partial charge in [0.1, 0.15) is 0 Å². The lowest BCUT2D eigenvalue weighted by atomic mass is 9.87. The lowest BCUT2D eigenvalue weighted by molar-refractivity contribution is -0.130. The number of likely N-dealkylation sites (tertiary alicyclic amines) is 1. The summed E-state index contributed by atoms with van der Waals surface area (Å²) < 4.78 is 0. The zero-order chi connectivity index (χ0) is 20.1. The topological polar surface area (TPSA) is 49.3 Å². The van der Waals surface area contributed by atoms with Crippen LogP contribution in [-0.4, -0.2) is 40.6 Å². The van der Waals surface area contributed by atoms with Crippen LogP contribution in [0.15, 0.2) is 48.5 Å². The van der Waals surface area contributed by atoms with Crippen molar-refractivity contribution in [2.45, 2.75) is 26.8 Å². The summed E-state index contributed by atoms with van der Waals surface area (Å²) >= 11 is 0. The van der Waals surface area contributed by atoms with E-state index in [0.717, 1.165) is 41.9 Å². The number of carbonyl (C=O) groups excluding carboxylic acids is 1. The molecule has 0 radical (unpaired) electrons. The molecule has 5 nitrogen and oxygen atoms in total. The van der Waals surface area contributed by atoms with Crippen LogP contribution in [0.2, 0.25) is 0 Å². The van der Waals surface area contributed by atoms with Crippen LogP contribution in [0.5, 0.6) is 0 Å². The SMILES string of the molecule is CC(=O)N1C[C@H]2CN(c3nnc(C)c4ccccc34)C[C@H]2[C@H]1c1ccccc1C. The molecule has 148 valence electrons. The molecule has 29 heavy (non-hydrogen) atoms. The van der Waals surface area contributed by atoms with E-state index in [2.05, 4.69) is 75.5 Å². The molecule has 5 heteroatoms. The second-order valence-corrected chi connectivity index (χ2v) is 8.46. The largest absolute Gasteiger partial charge is 0.354 e. The predicted molar refractivity (Wildman–Crippen MR) is 115 cm³/mol. The number of benzene rings is 2. The molecule has 2 aromatic carbocycles. The second kappa shape index (κ2) is 6.83. The van der Waals surface area contributed by atoms with Gasteiger partial charge < -0.3 is 9.80 Å². The Morgan fingerprint density at radius 1 is 0.931 bits per heavy atom. The van der Waals surface area contributed by atoms with Crippen molar-refractivity contribution in [2.24, 2.45) is 11.8 Å². The van der Waals surface area contributed by atoms with Crippen LogP contribution in [0, 0.1) is 25.7 Å². The van der Waals surface area contributed by atoms with E-state index in [1.54, 1.807) is 6.92 Å². The minimum Gasteiger partial charge on any atom is -0.354 e. The highest BCUT2D eigenvalue weighted by molar-refractivity contribution is 5.93. The molecule has 3 atom stereocenters. The van der Waals surface area contributed by atoms with Crippen molar-refractivity contribution in [1.82, 2.24) is 15.1 Å². The first kappa shape index (κ1) is 18.1. The van der Waals surface area contributed by atoms with Crippen LogP contribution in [-0.2, 0) is 4.79 Å². The van der Waals surface area contributed by atoms with Crippen LogP contribution in [0.25, 0.3) is 10.8 Å². The molecule has 2 aliphatic rings. The van der Waals surface area contributed by atoms with E-state index in [1.165, 1.54) is 11.1 Å². The Balaban J connectivity index is 1.53. The summed E-state index contributed by atoms with van der Waals surface area (Å²) in [6, 6.07) is 17.0. The number of hydrogen-bond donors (Lipinski definition) is 0. The first-order chi connectivity index (χ1) is 14.0. The Labute approximate surface area is 171 Å². The van der Waals surface area contributed by atoms with Gasteiger partial charge in [-0.05, 0) is 25.0 Å². The monoisotopic (exact) mass is 386 g/mol. The number of aryl methyl sites for hydroxylation is 2. The van der Waals surface area contributed by atoms with Crippen molar-refractivity contribution < 1.29 is 4.79 Å². The highest BCUT2D eigenvalue weighted by Gasteiger charge is 2.49. The van der Waals surface area contributed by atoms with Crippen molar-refractivity contribution in [1.29, 1.82) is 0 Å². The van der Waals surface area contributed by atoms with Crippen LogP contribution >= 0.6 is 0 Å². The molecule has 3 aromatic rings. The third-order valence-corrected chi connectivity index (χ3v) is 6.73. The molecule has 1 amide bonds. The van der Waals surface area contributed by atoms with Crippen molar-refractivity contribution in [2.75, 3.05) is 24.5 Å². The van der Waals surface area contributed by atoms with Gasteiger partial charge in [0.2, 0.25) is 5.91 Å². The van der Waals surface area contributed by atoms with Crippen LogP contribution in [0.3, 0.4) is 0 Å². The molecule has 3 heterocycles. The van der Waals surface area contributed by atoms with E-state index in [-0.39, 0.29) is 11.9 Å². The fourth-order valence-corrected chi connectivity index (χ4v) is 5.32. The third kappa shape index (κ3) is 2.87. The molecule has 2 aliphatic heterocycles. The highest BCUT2D eigenvalue weighted by atomic mass is 16.2. The molecule has 0 saturated carbocycles. The minimum absolute atomic E-state index is 0.133. The van der Waals surface area contributed by atoms with E-state index < -0.39 is 0 Å². The maximum absolute atomic E-state index is 12.4. The fraction of sp³-hybridized carbons (Fsp3) is 0.375. The Morgan fingerprint density at radius 3 is 2.41 bits per heavy atom. The maximum atomic E-state index is 12.4. The molecule has 0 N–H and O–H groups in total. The molecule has 0 aliphatic carbocycles. The second-order valence-electron chi connectivity index (χ2n) is 8.46. The van der Waals surface area contributed by atoms with Crippen molar-refractivity contribution in [3.05, 3.63) is 65.4 Å². The number of amides is 1. The quantitative estimate of drug-likeness (QED) is 0.670. The number of nitrogens with zero attached hydrogens (tertiary/aromatic N) is 4. The van der Waals surface area contributed by atoms with Gasteiger partial charge in [0.15, 0.2) is 5.82 Å². The summed E-state index contributed by atoms with van der Waals surface area (Å²) in [7, 11) is 0. The smallest absolute Gasteiger partial charge is 0.219 e. The van der Waals surface area contributed by atoms with E-state index in [9.17, 15) is 4.79 Å². The first-order valence-corrected chi connectivity index (χ1v) is 10.3. The van der Waals surface area contributed by atoms with Gasteiger partial charge in [0.25, 0.3) is 0 Å². The molecule has 0 unspecified atom stereocenters. The minimum atomic E-state index is 0.133.